The number of hydrogen-bond acceptors (Lipinski definition) is 5. The zero-order valence-corrected chi connectivity index (χ0v) is 16.5. The first-order chi connectivity index (χ1) is 12.3. The van der Waals surface area contributed by atoms with Crippen molar-refractivity contribution >= 4 is 22.6 Å². The smallest absolute Gasteiger partial charge is 0.166 e. The predicted octanol–water partition coefficient (Wildman–Crippen LogP) is 5.24. The van der Waals surface area contributed by atoms with E-state index in [-0.39, 0.29) is 11.2 Å². The second-order valence-corrected chi connectivity index (χ2v) is 8.84. The molecule has 1 aliphatic rings. The zero-order valence-electron chi connectivity index (χ0n) is 15.7. The van der Waals surface area contributed by atoms with Crippen LogP contribution in [0.4, 0.5) is 5.00 Å². The SMILES string of the molecule is COc1cccc(/C=N/c2sc3c(c2C#N)CC[C@H](C(C)(C)C)C3)c1O. The molecule has 1 N–H and O–H groups in total. The summed E-state index contributed by atoms with van der Waals surface area (Å²) in [6.45, 7) is 6.85. The first-order valence-corrected chi connectivity index (χ1v) is 9.61. The number of aliphatic imine (C=N–C) groups is 1. The van der Waals surface area contributed by atoms with Crippen molar-refractivity contribution in [3.8, 4) is 17.6 Å². The van der Waals surface area contributed by atoms with Crippen molar-refractivity contribution in [2.24, 2.45) is 16.3 Å². The van der Waals surface area contributed by atoms with Gasteiger partial charge in [0, 0.05) is 16.7 Å². The van der Waals surface area contributed by atoms with E-state index in [1.807, 2.05) is 0 Å². The van der Waals surface area contributed by atoms with E-state index >= 15 is 0 Å². The fraction of sp³-hybridized carbons (Fsp3) is 0.429. The average molecular weight is 369 g/mol. The van der Waals surface area contributed by atoms with Crippen LogP contribution in [0.5, 0.6) is 11.5 Å². The predicted molar refractivity (Wildman–Crippen MR) is 106 cm³/mol. The van der Waals surface area contributed by atoms with Gasteiger partial charge in [0.1, 0.15) is 11.1 Å². The molecule has 0 unspecified atom stereocenters. The third-order valence-electron chi connectivity index (χ3n) is 5.15. The number of aromatic hydroxyl groups is 1. The minimum absolute atomic E-state index is 0.0615. The average Bonchev–Trinajstić information content (AvgIpc) is 2.96. The van der Waals surface area contributed by atoms with Crippen LogP contribution >= 0.6 is 11.3 Å². The van der Waals surface area contributed by atoms with Gasteiger partial charge in [0.05, 0.1) is 12.7 Å². The Balaban J connectivity index is 1.93. The molecule has 26 heavy (non-hydrogen) atoms. The third kappa shape index (κ3) is 3.47. The van der Waals surface area contributed by atoms with Crippen molar-refractivity contribution in [2.75, 3.05) is 7.11 Å². The Morgan fingerprint density at radius 1 is 1.38 bits per heavy atom. The van der Waals surface area contributed by atoms with E-state index in [9.17, 15) is 10.4 Å². The van der Waals surface area contributed by atoms with Gasteiger partial charge in [-0.1, -0.05) is 26.8 Å². The maximum atomic E-state index is 10.2. The molecule has 2 aromatic rings. The van der Waals surface area contributed by atoms with E-state index in [1.54, 1.807) is 35.8 Å². The molecule has 3 rings (SSSR count). The highest BCUT2D eigenvalue weighted by Gasteiger charge is 2.32. The Labute approximate surface area is 158 Å². The third-order valence-corrected chi connectivity index (χ3v) is 6.32. The molecule has 0 bridgehead atoms. The number of para-hydroxylation sites is 1. The van der Waals surface area contributed by atoms with Crippen LogP contribution in [0.2, 0.25) is 0 Å². The number of methoxy groups -OCH3 is 1. The van der Waals surface area contributed by atoms with Crippen LogP contribution in [0.25, 0.3) is 0 Å². The van der Waals surface area contributed by atoms with Crippen LogP contribution in [0.15, 0.2) is 23.2 Å². The molecule has 0 radical (unpaired) electrons. The van der Waals surface area contributed by atoms with E-state index in [2.05, 4.69) is 31.8 Å². The molecular formula is C21H24N2O2S. The van der Waals surface area contributed by atoms with Gasteiger partial charge in [-0.25, -0.2) is 4.99 Å². The quantitative estimate of drug-likeness (QED) is 0.754. The largest absolute Gasteiger partial charge is 0.504 e. The Morgan fingerprint density at radius 2 is 2.15 bits per heavy atom. The van der Waals surface area contributed by atoms with Gasteiger partial charge in [-0.15, -0.1) is 11.3 Å². The fourth-order valence-corrected chi connectivity index (χ4v) is 4.67. The summed E-state index contributed by atoms with van der Waals surface area (Å²) in [5.74, 6) is 1.10. The normalized spacial score (nSPS) is 17.1. The number of ether oxygens (including phenoxy) is 1. The minimum Gasteiger partial charge on any atom is -0.504 e. The maximum Gasteiger partial charge on any atom is 0.166 e. The summed E-state index contributed by atoms with van der Waals surface area (Å²) in [6, 6.07) is 7.62. The molecule has 1 atom stereocenters. The fourth-order valence-electron chi connectivity index (χ4n) is 3.45. The highest BCUT2D eigenvalue weighted by Crippen LogP contribution is 2.45. The number of nitrogens with zero attached hydrogens (tertiary/aromatic N) is 2. The second-order valence-electron chi connectivity index (χ2n) is 7.76. The van der Waals surface area contributed by atoms with Crippen molar-refractivity contribution in [1.29, 1.82) is 5.26 Å². The number of fused-ring (bicyclic) bond motifs is 1. The van der Waals surface area contributed by atoms with E-state index in [0.29, 0.717) is 22.8 Å². The number of thiophene rings is 1. The molecule has 1 aliphatic carbocycles. The second kappa shape index (κ2) is 7.13. The van der Waals surface area contributed by atoms with Crippen LogP contribution < -0.4 is 4.74 Å². The van der Waals surface area contributed by atoms with Gasteiger partial charge >= 0.3 is 0 Å². The lowest BCUT2D eigenvalue weighted by atomic mass is 9.72. The van der Waals surface area contributed by atoms with Crippen molar-refractivity contribution in [3.05, 3.63) is 39.8 Å². The van der Waals surface area contributed by atoms with Gasteiger partial charge in [-0.2, -0.15) is 5.26 Å². The Bertz CT molecular complexity index is 885. The molecular weight excluding hydrogens is 344 g/mol. The molecule has 0 spiro atoms. The van der Waals surface area contributed by atoms with Crippen molar-refractivity contribution < 1.29 is 9.84 Å². The Kier molecular flexibility index (Phi) is 5.06. The topological polar surface area (TPSA) is 65.6 Å². The molecule has 0 saturated heterocycles. The van der Waals surface area contributed by atoms with Crippen LogP contribution in [-0.4, -0.2) is 18.4 Å². The molecule has 0 fully saturated rings. The molecule has 0 aliphatic heterocycles. The van der Waals surface area contributed by atoms with E-state index < -0.39 is 0 Å². The molecule has 136 valence electrons. The summed E-state index contributed by atoms with van der Waals surface area (Å²) >= 11 is 1.61. The van der Waals surface area contributed by atoms with Gasteiger partial charge in [0.25, 0.3) is 0 Å². The minimum atomic E-state index is 0.0615. The Hall–Kier alpha value is -2.32. The molecule has 5 heteroatoms. The van der Waals surface area contributed by atoms with Gasteiger partial charge in [0.2, 0.25) is 0 Å². The van der Waals surface area contributed by atoms with Crippen LogP contribution in [0, 0.1) is 22.7 Å². The summed E-state index contributed by atoms with van der Waals surface area (Å²) in [4.78, 5) is 5.82. The number of hydrogen-bond donors (Lipinski definition) is 1. The van der Waals surface area contributed by atoms with Gasteiger partial charge in [-0.05, 0) is 48.3 Å². The lowest BCUT2D eigenvalue weighted by Crippen LogP contribution is -2.26. The summed E-state index contributed by atoms with van der Waals surface area (Å²) in [7, 11) is 1.52. The summed E-state index contributed by atoms with van der Waals surface area (Å²) in [6.07, 6.45) is 4.67. The van der Waals surface area contributed by atoms with Crippen LogP contribution in [-0.2, 0) is 12.8 Å². The van der Waals surface area contributed by atoms with E-state index in [0.717, 1.165) is 24.3 Å². The van der Waals surface area contributed by atoms with Gasteiger partial charge < -0.3 is 9.84 Å². The molecule has 0 saturated carbocycles. The molecule has 0 amide bonds. The van der Waals surface area contributed by atoms with E-state index in [4.69, 9.17) is 4.74 Å². The summed E-state index contributed by atoms with van der Waals surface area (Å²) < 4.78 is 5.13. The number of benzene rings is 1. The van der Waals surface area contributed by atoms with Gasteiger partial charge in [0.15, 0.2) is 11.5 Å². The van der Waals surface area contributed by atoms with E-state index in [1.165, 1.54) is 17.6 Å². The monoisotopic (exact) mass is 368 g/mol. The highest BCUT2D eigenvalue weighted by atomic mass is 32.1. The van der Waals surface area contributed by atoms with Crippen molar-refractivity contribution in [2.45, 2.75) is 40.0 Å². The summed E-state index contributed by atoms with van der Waals surface area (Å²) in [5, 5.41) is 20.6. The Morgan fingerprint density at radius 3 is 2.81 bits per heavy atom. The number of rotatable bonds is 3. The van der Waals surface area contributed by atoms with Crippen molar-refractivity contribution in [1.82, 2.24) is 0 Å². The molecule has 1 aromatic heterocycles. The summed E-state index contributed by atoms with van der Waals surface area (Å²) in [5.41, 5.74) is 2.70. The maximum absolute atomic E-state index is 10.2. The van der Waals surface area contributed by atoms with Crippen LogP contribution in [0.1, 0.15) is 48.8 Å². The van der Waals surface area contributed by atoms with Crippen LogP contribution in [0.3, 0.4) is 0 Å². The lowest BCUT2D eigenvalue weighted by Gasteiger charge is -2.33. The van der Waals surface area contributed by atoms with Gasteiger partial charge in [-0.3, -0.25) is 0 Å². The molecule has 1 aromatic carbocycles. The number of nitriles is 1. The number of phenolic OH excluding ortho intramolecular Hbond substituents is 1. The number of phenols is 1. The molecule has 1 heterocycles. The first kappa shape index (κ1) is 18.5. The van der Waals surface area contributed by atoms with Crippen molar-refractivity contribution in [3.63, 3.8) is 0 Å². The highest BCUT2D eigenvalue weighted by molar-refractivity contribution is 7.16. The lowest BCUT2D eigenvalue weighted by molar-refractivity contribution is 0.218. The first-order valence-electron chi connectivity index (χ1n) is 8.79. The zero-order chi connectivity index (χ0) is 18.9. The standard InChI is InChI=1S/C21H24N2O2S/c1-21(2,3)14-8-9-15-16(11-22)20(26-18(15)10-14)23-12-13-6-5-7-17(25-4)19(13)24/h5-7,12,14,24H,8-10H2,1-4H3/b23-12+/t14-/m0/s1. The molecule has 4 nitrogen and oxygen atoms in total.